The molecule has 0 aromatic heterocycles. The molecule has 1 aliphatic rings. The summed E-state index contributed by atoms with van der Waals surface area (Å²) in [6, 6.07) is 20.2. The lowest BCUT2D eigenvalue weighted by Crippen LogP contribution is -2.41. The highest BCUT2D eigenvalue weighted by molar-refractivity contribution is 5.96. The lowest BCUT2D eigenvalue weighted by Gasteiger charge is -2.38. The van der Waals surface area contributed by atoms with E-state index >= 15 is 0 Å². The summed E-state index contributed by atoms with van der Waals surface area (Å²) in [7, 11) is 0. The molecule has 0 bridgehead atoms. The number of hydrogen-bond acceptors (Lipinski definition) is 1. The Balaban J connectivity index is 1.82. The van der Waals surface area contributed by atoms with Crippen LogP contribution in [0.1, 0.15) is 44.2 Å². The number of hydrogen-bond donors (Lipinski definition) is 0. The van der Waals surface area contributed by atoms with Crippen molar-refractivity contribution in [1.29, 1.82) is 0 Å². The molecule has 1 heterocycles. The molecular weight excluding hydrogens is 375 g/mol. The van der Waals surface area contributed by atoms with E-state index in [0.717, 1.165) is 28.3 Å². The van der Waals surface area contributed by atoms with Crippen molar-refractivity contribution in [2.24, 2.45) is 0 Å². The standard InChI is InChI=1S/C24H20F3NO/c1-16-10-12-18(13-11-16)22-19-7-3-2-6-17(19)14-15-28(22)23(29)20-8-4-5-9-21(20)24(25,26)27/h2-13,22H,14-15H2,1H3/t22-/m0/s1. The van der Waals surface area contributed by atoms with Gasteiger partial charge < -0.3 is 4.90 Å². The molecule has 0 saturated carbocycles. The molecule has 5 heteroatoms. The highest BCUT2D eigenvalue weighted by atomic mass is 19.4. The minimum atomic E-state index is -4.58. The number of alkyl halides is 3. The van der Waals surface area contributed by atoms with Gasteiger partial charge in [0, 0.05) is 6.54 Å². The summed E-state index contributed by atoms with van der Waals surface area (Å²) in [4.78, 5) is 14.9. The Morgan fingerprint density at radius 3 is 2.31 bits per heavy atom. The van der Waals surface area contributed by atoms with Crippen LogP contribution in [-0.4, -0.2) is 17.4 Å². The van der Waals surface area contributed by atoms with E-state index in [-0.39, 0.29) is 5.56 Å². The van der Waals surface area contributed by atoms with Gasteiger partial charge in [-0.3, -0.25) is 4.79 Å². The molecule has 148 valence electrons. The fraction of sp³-hybridized carbons (Fsp3) is 0.208. The number of amides is 1. The number of carbonyl (C=O) groups excluding carboxylic acids is 1. The number of carbonyl (C=O) groups is 1. The molecule has 2 nitrogen and oxygen atoms in total. The monoisotopic (exact) mass is 395 g/mol. The third-order valence-electron chi connectivity index (χ3n) is 5.40. The molecular formula is C24H20F3NO. The molecule has 1 amide bonds. The second-order valence-electron chi connectivity index (χ2n) is 7.30. The average Bonchev–Trinajstić information content (AvgIpc) is 2.72. The molecule has 1 atom stereocenters. The molecule has 0 aliphatic carbocycles. The molecule has 29 heavy (non-hydrogen) atoms. The van der Waals surface area contributed by atoms with Crippen LogP contribution < -0.4 is 0 Å². The highest BCUT2D eigenvalue weighted by Gasteiger charge is 2.38. The van der Waals surface area contributed by atoms with Crippen LogP contribution in [0.15, 0.2) is 72.8 Å². The van der Waals surface area contributed by atoms with E-state index in [1.165, 1.54) is 18.2 Å². The minimum Gasteiger partial charge on any atom is -0.327 e. The van der Waals surface area contributed by atoms with Crippen LogP contribution in [0.2, 0.25) is 0 Å². The summed E-state index contributed by atoms with van der Waals surface area (Å²) in [5.41, 5.74) is 2.84. The molecule has 0 radical (unpaired) electrons. The first-order valence-electron chi connectivity index (χ1n) is 9.48. The predicted molar refractivity (Wildman–Crippen MR) is 106 cm³/mol. The maximum absolute atomic E-state index is 13.5. The van der Waals surface area contributed by atoms with Crippen molar-refractivity contribution in [3.63, 3.8) is 0 Å². The van der Waals surface area contributed by atoms with E-state index in [2.05, 4.69) is 0 Å². The van der Waals surface area contributed by atoms with E-state index in [4.69, 9.17) is 0 Å². The Bertz CT molecular complexity index is 1040. The van der Waals surface area contributed by atoms with Gasteiger partial charge in [-0.05, 0) is 42.2 Å². The van der Waals surface area contributed by atoms with Crippen molar-refractivity contribution in [1.82, 2.24) is 4.90 Å². The number of halogens is 3. The molecule has 0 spiro atoms. The van der Waals surface area contributed by atoms with E-state index in [1.807, 2.05) is 55.5 Å². The Morgan fingerprint density at radius 1 is 0.931 bits per heavy atom. The molecule has 1 aliphatic heterocycles. The number of nitrogens with zero attached hydrogens (tertiary/aromatic N) is 1. The first-order valence-corrected chi connectivity index (χ1v) is 9.48. The first kappa shape index (κ1) is 19.2. The van der Waals surface area contributed by atoms with Crippen LogP contribution in [0.5, 0.6) is 0 Å². The van der Waals surface area contributed by atoms with Gasteiger partial charge in [0.1, 0.15) is 0 Å². The summed E-state index contributed by atoms with van der Waals surface area (Å²) in [5, 5.41) is 0. The van der Waals surface area contributed by atoms with Gasteiger partial charge in [-0.25, -0.2) is 0 Å². The Morgan fingerprint density at radius 2 is 1.59 bits per heavy atom. The molecule has 0 N–H and O–H groups in total. The predicted octanol–water partition coefficient (Wildman–Crippen LogP) is 5.80. The zero-order valence-electron chi connectivity index (χ0n) is 15.9. The van der Waals surface area contributed by atoms with E-state index in [9.17, 15) is 18.0 Å². The maximum Gasteiger partial charge on any atom is 0.417 e. The van der Waals surface area contributed by atoms with E-state index in [0.29, 0.717) is 13.0 Å². The van der Waals surface area contributed by atoms with Crippen LogP contribution in [-0.2, 0) is 12.6 Å². The number of rotatable bonds is 2. The molecule has 3 aromatic rings. The molecule has 4 rings (SSSR count). The summed E-state index contributed by atoms with van der Waals surface area (Å²) in [5.74, 6) is -0.599. The zero-order valence-corrected chi connectivity index (χ0v) is 15.9. The largest absolute Gasteiger partial charge is 0.417 e. The number of fused-ring (bicyclic) bond motifs is 1. The number of benzene rings is 3. The van der Waals surface area contributed by atoms with Gasteiger partial charge in [0.2, 0.25) is 0 Å². The normalized spacial score (nSPS) is 16.4. The first-order chi connectivity index (χ1) is 13.9. The lowest BCUT2D eigenvalue weighted by atomic mass is 9.87. The van der Waals surface area contributed by atoms with Gasteiger partial charge >= 0.3 is 6.18 Å². The summed E-state index contributed by atoms with van der Waals surface area (Å²) < 4.78 is 40.5. The van der Waals surface area contributed by atoms with Crippen molar-refractivity contribution >= 4 is 5.91 Å². The smallest absolute Gasteiger partial charge is 0.327 e. The quantitative estimate of drug-likeness (QED) is 0.537. The van der Waals surface area contributed by atoms with Gasteiger partial charge in [-0.15, -0.1) is 0 Å². The maximum atomic E-state index is 13.5. The van der Waals surface area contributed by atoms with Crippen LogP contribution in [0, 0.1) is 6.92 Å². The lowest BCUT2D eigenvalue weighted by molar-refractivity contribution is -0.138. The van der Waals surface area contributed by atoms with Crippen LogP contribution in [0.4, 0.5) is 13.2 Å². The van der Waals surface area contributed by atoms with Crippen LogP contribution >= 0.6 is 0 Å². The fourth-order valence-electron chi connectivity index (χ4n) is 3.97. The van der Waals surface area contributed by atoms with Crippen molar-refractivity contribution in [2.45, 2.75) is 25.6 Å². The molecule has 0 unspecified atom stereocenters. The van der Waals surface area contributed by atoms with Gasteiger partial charge in [0.15, 0.2) is 0 Å². The third-order valence-corrected chi connectivity index (χ3v) is 5.40. The Kier molecular flexibility index (Phi) is 4.91. The fourth-order valence-corrected chi connectivity index (χ4v) is 3.97. The Hall–Kier alpha value is -3.08. The van der Waals surface area contributed by atoms with Crippen LogP contribution in [0.25, 0.3) is 0 Å². The van der Waals surface area contributed by atoms with E-state index < -0.39 is 23.7 Å². The van der Waals surface area contributed by atoms with Crippen molar-refractivity contribution in [2.75, 3.05) is 6.54 Å². The van der Waals surface area contributed by atoms with Gasteiger partial charge in [-0.1, -0.05) is 66.2 Å². The SMILES string of the molecule is Cc1ccc([C@H]2c3ccccc3CCN2C(=O)c2ccccc2C(F)(F)F)cc1. The third kappa shape index (κ3) is 3.65. The zero-order chi connectivity index (χ0) is 20.6. The second-order valence-corrected chi connectivity index (χ2v) is 7.30. The summed E-state index contributed by atoms with van der Waals surface area (Å²) >= 11 is 0. The van der Waals surface area contributed by atoms with Crippen molar-refractivity contribution < 1.29 is 18.0 Å². The van der Waals surface area contributed by atoms with Crippen LogP contribution in [0.3, 0.4) is 0 Å². The van der Waals surface area contributed by atoms with Gasteiger partial charge in [-0.2, -0.15) is 13.2 Å². The minimum absolute atomic E-state index is 0.309. The summed E-state index contributed by atoms with van der Waals surface area (Å²) in [6.45, 7) is 2.33. The summed E-state index contributed by atoms with van der Waals surface area (Å²) in [6.07, 6.45) is -3.97. The highest BCUT2D eigenvalue weighted by Crippen LogP contribution is 2.38. The van der Waals surface area contributed by atoms with Crippen molar-refractivity contribution in [3.8, 4) is 0 Å². The topological polar surface area (TPSA) is 20.3 Å². The van der Waals surface area contributed by atoms with Crippen molar-refractivity contribution in [3.05, 3.63) is 106 Å². The average molecular weight is 395 g/mol. The molecule has 0 fully saturated rings. The molecule has 0 saturated heterocycles. The molecule has 3 aromatic carbocycles. The Labute approximate surface area is 167 Å². The van der Waals surface area contributed by atoms with Gasteiger partial charge in [0.05, 0.1) is 17.2 Å². The second kappa shape index (κ2) is 7.39. The van der Waals surface area contributed by atoms with Gasteiger partial charge in [0.25, 0.3) is 5.91 Å². The number of aryl methyl sites for hydroxylation is 1. The van der Waals surface area contributed by atoms with E-state index in [1.54, 1.807) is 4.90 Å².